The highest BCUT2D eigenvalue weighted by Crippen LogP contribution is 2.08. The minimum atomic E-state index is 0. The first-order valence-corrected chi connectivity index (χ1v) is 8.27. The number of carbonyl (C=O) groups excluding carboxylic acids is 1. The molecule has 0 fully saturated rings. The molecule has 5 nitrogen and oxygen atoms in total. The normalized spacial score (nSPS) is 11.0. The van der Waals surface area contributed by atoms with Gasteiger partial charge in [0.1, 0.15) is 0 Å². The van der Waals surface area contributed by atoms with Crippen molar-refractivity contribution in [2.45, 2.75) is 27.3 Å². The highest BCUT2D eigenvalue weighted by Gasteiger charge is 2.07. The molecule has 0 atom stereocenters. The zero-order valence-electron chi connectivity index (χ0n) is 13.8. The fourth-order valence-electron chi connectivity index (χ4n) is 1.75. The summed E-state index contributed by atoms with van der Waals surface area (Å²) in [6.45, 7) is 8.62. The van der Waals surface area contributed by atoms with Crippen molar-refractivity contribution in [2.75, 3.05) is 26.7 Å². The molecule has 1 aromatic heterocycles. The lowest BCUT2D eigenvalue weighted by molar-refractivity contribution is -0.123. The lowest BCUT2D eigenvalue weighted by atomic mass is 10.2. The summed E-state index contributed by atoms with van der Waals surface area (Å²) in [6, 6.07) is 2.12. The molecule has 1 aromatic rings. The number of nitrogens with zero attached hydrogens (tertiary/aromatic N) is 2. The fourth-order valence-corrected chi connectivity index (χ4v) is 2.41. The number of guanidine groups is 1. The molecule has 1 rings (SSSR count). The van der Waals surface area contributed by atoms with Crippen LogP contribution in [0.2, 0.25) is 0 Å². The monoisotopic (exact) mass is 438 g/mol. The Bertz CT molecular complexity index is 448. The number of halogens is 1. The fraction of sp³-hybridized carbons (Fsp3) is 0.600. The van der Waals surface area contributed by atoms with Gasteiger partial charge in [0.2, 0.25) is 5.91 Å². The van der Waals surface area contributed by atoms with Gasteiger partial charge in [-0.25, -0.2) is 0 Å². The highest BCUT2D eigenvalue weighted by molar-refractivity contribution is 14.0. The van der Waals surface area contributed by atoms with Crippen molar-refractivity contribution in [1.82, 2.24) is 15.5 Å². The lowest BCUT2D eigenvalue weighted by Crippen LogP contribution is -2.39. The molecule has 126 valence electrons. The Kier molecular flexibility index (Phi) is 11.3. The summed E-state index contributed by atoms with van der Waals surface area (Å²) in [6.07, 6.45) is 0. The highest BCUT2D eigenvalue weighted by atomic mass is 127. The third kappa shape index (κ3) is 7.98. The number of nitrogens with one attached hydrogen (secondary N) is 2. The first-order chi connectivity index (χ1) is 10.0. The Balaban J connectivity index is 0.00000441. The van der Waals surface area contributed by atoms with E-state index >= 15 is 0 Å². The van der Waals surface area contributed by atoms with Crippen LogP contribution in [-0.4, -0.2) is 43.4 Å². The van der Waals surface area contributed by atoms with Crippen molar-refractivity contribution in [2.24, 2.45) is 10.9 Å². The Morgan fingerprint density at radius 3 is 2.68 bits per heavy atom. The quantitative estimate of drug-likeness (QED) is 0.298. The van der Waals surface area contributed by atoms with Crippen molar-refractivity contribution in [3.63, 3.8) is 0 Å². The molecule has 0 aliphatic heterocycles. The third-order valence-corrected chi connectivity index (χ3v) is 3.63. The first kappa shape index (κ1) is 21.2. The molecule has 2 N–H and O–H groups in total. The van der Waals surface area contributed by atoms with E-state index in [1.54, 1.807) is 11.3 Å². The van der Waals surface area contributed by atoms with Crippen LogP contribution >= 0.6 is 35.3 Å². The van der Waals surface area contributed by atoms with Gasteiger partial charge in [-0.2, -0.15) is 11.3 Å². The molecule has 1 amide bonds. The Hall–Kier alpha value is -0.830. The van der Waals surface area contributed by atoms with E-state index in [0.29, 0.717) is 13.1 Å². The second-order valence-corrected chi connectivity index (χ2v) is 5.95. The van der Waals surface area contributed by atoms with E-state index in [2.05, 4.69) is 44.3 Å². The van der Waals surface area contributed by atoms with Gasteiger partial charge in [0.05, 0.1) is 6.54 Å². The molecular weight excluding hydrogens is 411 g/mol. The molecule has 1 heterocycles. The number of rotatable bonds is 7. The molecule has 0 spiro atoms. The van der Waals surface area contributed by atoms with E-state index in [9.17, 15) is 4.79 Å². The minimum absolute atomic E-state index is 0. The number of aliphatic imine (C=N–C) groups is 1. The van der Waals surface area contributed by atoms with Crippen LogP contribution in [0.15, 0.2) is 21.8 Å². The van der Waals surface area contributed by atoms with Gasteiger partial charge in [-0.05, 0) is 29.3 Å². The average Bonchev–Trinajstić information content (AvgIpc) is 2.94. The van der Waals surface area contributed by atoms with Gasteiger partial charge in [0, 0.05) is 32.6 Å². The summed E-state index contributed by atoms with van der Waals surface area (Å²) in [5.74, 6) is 0.952. The zero-order chi connectivity index (χ0) is 15.7. The smallest absolute Gasteiger partial charge is 0.222 e. The molecule has 7 heteroatoms. The molecule has 0 saturated carbocycles. The van der Waals surface area contributed by atoms with Crippen molar-refractivity contribution in [3.05, 3.63) is 22.4 Å². The summed E-state index contributed by atoms with van der Waals surface area (Å²) >= 11 is 1.70. The van der Waals surface area contributed by atoms with Gasteiger partial charge in [0.15, 0.2) is 5.96 Å². The number of carbonyl (C=O) groups is 1. The largest absolute Gasteiger partial charge is 0.357 e. The maximum absolute atomic E-state index is 11.5. The van der Waals surface area contributed by atoms with Crippen molar-refractivity contribution in [1.29, 1.82) is 0 Å². The van der Waals surface area contributed by atoms with E-state index in [-0.39, 0.29) is 35.8 Å². The first-order valence-electron chi connectivity index (χ1n) is 7.32. The van der Waals surface area contributed by atoms with Crippen LogP contribution in [0, 0.1) is 5.92 Å². The SMILES string of the molecule is CCNC(=NCCNC(=O)C(C)C)N(C)Cc1ccsc1.I. The van der Waals surface area contributed by atoms with Gasteiger partial charge in [0.25, 0.3) is 0 Å². The standard InChI is InChI=1S/C15H26N4OS.HI/c1-5-16-15(18-8-7-17-14(20)12(2)3)19(4)10-13-6-9-21-11-13;/h6,9,11-12H,5,7-8,10H2,1-4H3,(H,16,18)(H,17,20);1H. The van der Waals surface area contributed by atoms with Crippen molar-refractivity contribution >= 4 is 47.2 Å². The molecule has 0 aliphatic carbocycles. The Morgan fingerprint density at radius 2 is 2.14 bits per heavy atom. The molecule has 0 radical (unpaired) electrons. The van der Waals surface area contributed by atoms with Crippen LogP contribution in [0.5, 0.6) is 0 Å². The van der Waals surface area contributed by atoms with Gasteiger partial charge >= 0.3 is 0 Å². The van der Waals surface area contributed by atoms with E-state index in [1.165, 1.54) is 5.56 Å². The number of thiophene rings is 1. The molecule has 0 aliphatic rings. The number of hydrogen-bond donors (Lipinski definition) is 2. The molecule has 22 heavy (non-hydrogen) atoms. The topological polar surface area (TPSA) is 56.7 Å². The predicted molar refractivity (Wildman–Crippen MR) is 105 cm³/mol. The minimum Gasteiger partial charge on any atom is -0.357 e. The van der Waals surface area contributed by atoms with E-state index < -0.39 is 0 Å². The van der Waals surface area contributed by atoms with Gasteiger partial charge < -0.3 is 15.5 Å². The predicted octanol–water partition coefficient (Wildman–Crippen LogP) is 2.54. The summed E-state index contributed by atoms with van der Waals surface area (Å²) < 4.78 is 0. The van der Waals surface area contributed by atoms with Crippen LogP contribution in [0.4, 0.5) is 0 Å². The third-order valence-electron chi connectivity index (χ3n) is 2.89. The van der Waals surface area contributed by atoms with E-state index in [0.717, 1.165) is 19.0 Å². The van der Waals surface area contributed by atoms with Crippen molar-refractivity contribution < 1.29 is 4.79 Å². The Morgan fingerprint density at radius 1 is 1.41 bits per heavy atom. The summed E-state index contributed by atoms with van der Waals surface area (Å²) in [5, 5.41) is 10.4. The van der Waals surface area contributed by atoms with Crippen molar-refractivity contribution in [3.8, 4) is 0 Å². The summed E-state index contributed by atoms with van der Waals surface area (Å²) in [5.41, 5.74) is 1.28. The summed E-state index contributed by atoms with van der Waals surface area (Å²) in [7, 11) is 2.02. The molecule has 0 aromatic carbocycles. The second-order valence-electron chi connectivity index (χ2n) is 5.17. The molecule has 0 saturated heterocycles. The van der Waals surface area contributed by atoms with Gasteiger partial charge in [-0.3, -0.25) is 9.79 Å². The number of amides is 1. The maximum atomic E-state index is 11.5. The van der Waals surface area contributed by atoms with Crippen LogP contribution < -0.4 is 10.6 Å². The zero-order valence-corrected chi connectivity index (χ0v) is 16.9. The molecular formula is C15H27IN4OS. The molecule has 0 unspecified atom stereocenters. The summed E-state index contributed by atoms with van der Waals surface area (Å²) in [4.78, 5) is 18.1. The number of hydrogen-bond acceptors (Lipinski definition) is 3. The van der Waals surface area contributed by atoms with Crippen LogP contribution in [0.1, 0.15) is 26.3 Å². The van der Waals surface area contributed by atoms with E-state index in [1.807, 2.05) is 20.9 Å². The second kappa shape index (κ2) is 11.7. The molecule has 0 bridgehead atoms. The maximum Gasteiger partial charge on any atom is 0.222 e. The van der Waals surface area contributed by atoms with Gasteiger partial charge in [-0.15, -0.1) is 24.0 Å². The van der Waals surface area contributed by atoms with Gasteiger partial charge in [-0.1, -0.05) is 13.8 Å². The van der Waals surface area contributed by atoms with Crippen LogP contribution in [0.25, 0.3) is 0 Å². The average molecular weight is 438 g/mol. The van der Waals surface area contributed by atoms with Crippen LogP contribution in [0.3, 0.4) is 0 Å². The van der Waals surface area contributed by atoms with E-state index in [4.69, 9.17) is 0 Å². The lowest BCUT2D eigenvalue weighted by Gasteiger charge is -2.21. The Labute approximate surface area is 154 Å². The van der Waals surface area contributed by atoms with Crippen LogP contribution in [-0.2, 0) is 11.3 Å².